The van der Waals surface area contributed by atoms with Crippen molar-refractivity contribution in [3.63, 3.8) is 0 Å². The van der Waals surface area contributed by atoms with Crippen molar-refractivity contribution < 1.29 is 19.0 Å². The van der Waals surface area contributed by atoms with Gasteiger partial charge in [-0.1, -0.05) is 30.3 Å². The number of nitrogens with one attached hydrogen (secondary N) is 1. The van der Waals surface area contributed by atoms with E-state index < -0.39 is 0 Å². The number of amides is 1. The summed E-state index contributed by atoms with van der Waals surface area (Å²) in [6.07, 6.45) is 0.611. The molecule has 2 aromatic heterocycles. The Morgan fingerprint density at radius 3 is 2.50 bits per heavy atom. The third-order valence-electron chi connectivity index (χ3n) is 5.39. The van der Waals surface area contributed by atoms with Crippen LogP contribution in [0.1, 0.15) is 5.56 Å². The summed E-state index contributed by atoms with van der Waals surface area (Å²) in [4.78, 5) is 14.0. The molecule has 0 fully saturated rings. The fraction of sp³-hybridized carbons (Fsp3) is 0.240. The van der Waals surface area contributed by atoms with Crippen molar-refractivity contribution in [3.05, 3.63) is 65.5 Å². The van der Waals surface area contributed by atoms with Gasteiger partial charge in [-0.3, -0.25) is 4.79 Å². The van der Waals surface area contributed by atoms with Crippen molar-refractivity contribution in [2.24, 2.45) is 0 Å². The molecule has 0 bridgehead atoms. The predicted octanol–water partition coefficient (Wildman–Crippen LogP) is 4.75. The number of ether oxygens (including phenoxy) is 3. The van der Waals surface area contributed by atoms with E-state index in [1.165, 1.54) is 0 Å². The van der Waals surface area contributed by atoms with Crippen LogP contribution in [0.2, 0.25) is 0 Å². The molecule has 2 aromatic carbocycles. The predicted molar refractivity (Wildman–Crippen MR) is 128 cm³/mol. The van der Waals surface area contributed by atoms with Gasteiger partial charge in [-0.05, 0) is 36.1 Å². The summed E-state index contributed by atoms with van der Waals surface area (Å²) in [7, 11) is 4.77. The van der Waals surface area contributed by atoms with Crippen LogP contribution >= 0.6 is 11.3 Å². The summed E-state index contributed by atoms with van der Waals surface area (Å²) in [5.74, 6) is 1.75. The number of fused-ring (bicyclic) bond motifs is 1. The highest BCUT2D eigenvalue weighted by atomic mass is 32.1. The molecule has 4 aromatic rings. The Hall–Kier alpha value is -3.45. The van der Waals surface area contributed by atoms with E-state index in [1.54, 1.807) is 32.7 Å². The first kappa shape index (κ1) is 21.8. The molecule has 0 spiro atoms. The van der Waals surface area contributed by atoms with Crippen LogP contribution in [0.15, 0.2) is 60.0 Å². The highest BCUT2D eigenvalue weighted by Gasteiger charge is 2.17. The van der Waals surface area contributed by atoms with Gasteiger partial charge in [0.15, 0.2) is 11.5 Å². The van der Waals surface area contributed by atoms with Gasteiger partial charge in [-0.25, -0.2) is 0 Å². The topological polar surface area (TPSA) is 61.7 Å². The molecule has 0 aliphatic carbocycles. The third-order valence-corrected chi connectivity index (χ3v) is 6.28. The average Bonchev–Trinajstić information content (AvgIpc) is 3.47. The van der Waals surface area contributed by atoms with E-state index >= 15 is 0 Å². The minimum atomic E-state index is -0.0383. The molecule has 0 saturated carbocycles. The minimum absolute atomic E-state index is 0.0383. The molecule has 0 saturated heterocycles. The Morgan fingerprint density at radius 2 is 1.78 bits per heavy atom. The first-order chi connectivity index (χ1) is 15.7. The minimum Gasteiger partial charge on any atom is -0.493 e. The van der Waals surface area contributed by atoms with Gasteiger partial charge >= 0.3 is 0 Å². The number of nitrogens with zero attached hydrogens (tertiary/aromatic N) is 1. The van der Waals surface area contributed by atoms with Gasteiger partial charge in [0.1, 0.15) is 6.54 Å². The normalized spacial score (nSPS) is 10.8. The van der Waals surface area contributed by atoms with E-state index in [0.29, 0.717) is 30.2 Å². The lowest BCUT2D eigenvalue weighted by atomic mass is 10.1. The second-order valence-electron chi connectivity index (χ2n) is 7.25. The van der Waals surface area contributed by atoms with Crippen molar-refractivity contribution in [3.8, 4) is 27.8 Å². The van der Waals surface area contributed by atoms with E-state index in [-0.39, 0.29) is 12.5 Å². The average molecular weight is 451 g/mol. The van der Waals surface area contributed by atoms with Crippen molar-refractivity contribution in [2.45, 2.75) is 13.0 Å². The number of rotatable bonds is 9. The molecule has 0 aliphatic heterocycles. The first-order valence-corrected chi connectivity index (χ1v) is 11.2. The molecule has 166 valence electrons. The Bertz CT molecular complexity index is 1210. The molecule has 0 aliphatic rings. The molecule has 6 nitrogen and oxygen atoms in total. The number of hydrogen-bond acceptors (Lipinski definition) is 5. The molecular formula is C25H26N2O4S. The maximum atomic E-state index is 12.8. The second kappa shape index (κ2) is 9.78. The monoisotopic (exact) mass is 450 g/mol. The van der Waals surface area contributed by atoms with E-state index in [9.17, 15) is 4.79 Å². The smallest absolute Gasteiger partial charge is 0.239 e. The fourth-order valence-electron chi connectivity index (χ4n) is 3.91. The summed E-state index contributed by atoms with van der Waals surface area (Å²) >= 11 is 1.67. The number of benzene rings is 2. The van der Waals surface area contributed by atoms with Crippen LogP contribution in [0, 0.1) is 0 Å². The summed E-state index contributed by atoms with van der Waals surface area (Å²) in [5, 5.41) is 6.21. The molecular weight excluding hydrogens is 424 g/mol. The zero-order valence-electron chi connectivity index (χ0n) is 18.4. The van der Waals surface area contributed by atoms with Crippen LogP contribution in [0.3, 0.4) is 0 Å². The summed E-state index contributed by atoms with van der Waals surface area (Å²) in [5.41, 5.74) is 3.04. The maximum Gasteiger partial charge on any atom is 0.239 e. The van der Waals surface area contributed by atoms with Gasteiger partial charge in [0.25, 0.3) is 0 Å². The number of carbonyl (C=O) groups is 1. The van der Waals surface area contributed by atoms with Gasteiger partial charge in [-0.2, -0.15) is 0 Å². The van der Waals surface area contributed by atoms with Gasteiger partial charge in [-0.15, -0.1) is 11.3 Å². The Balaban J connectivity index is 1.48. The number of aromatic nitrogens is 1. The zero-order chi connectivity index (χ0) is 22.5. The van der Waals surface area contributed by atoms with Gasteiger partial charge in [0.05, 0.1) is 31.9 Å². The van der Waals surface area contributed by atoms with Gasteiger partial charge in [0, 0.05) is 23.0 Å². The molecule has 7 heteroatoms. The molecule has 0 atom stereocenters. The summed E-state index contributed by atoms with van der Waals surface area (Å²) in [6, 6.07) is 18.2. The molecule has 4 rings (SSSR count). The van der Waals surface area contributed by atoms with Crippen LogP contribution in [0.25, 0.3) is 21.5 Å². The highest BCUT2D eigenvalue weighted by Crippen LogP contribution is 2.39. The number of methoxy groups -OCH3 is 3. The SMILES string of the molecule is COc1ccc(CCNC(=O)Cn2c(-c3cccs3)cc3ccccc32)c(OC)c1OC. The van der Waals surface area contributed by atoms with Gasteiger partial charge < -0.3 is 24.1 Å². The molecule has 0 radical (unpaired) electrons. The van der Waals surface area contributed by atoms with Crippen molar-refractivity contribution in [1.82, 2.24) is 9.88 Å². The Morgan fingerprint density at radius 1 is 0.969 bits per heavy atom. The number of carbonyl (C=O) groups excluding carboxylic acids is 1. The zero-order valence-corrected chi connectivity index (χ0v) is 19.2. The number of para-hydroxylation sites is 1. The lowest BCUT2D eigenvalue weighted by Gasteiger charge is -2.16. The quantitative estimate of drug-likeness (QED) is 0.400. The lowest BCUT2D eigenvalue weighted by Crippen LogP contribution is -2.29. The summed E-state index contributed by atoms with van der Waals surface area (Å²) < 4.78 is 18.4. The van der Waals surface area contributed by atoms with Crippen LogP contribution in [-0.4, -0.2) is 38.3 Å². The molecule has 1 amide bonds. The van der Waals surface area contributed by atoms with Crippen molar-refractivity contribution in [1.29, 1.82) is 0 Å². The summed E-state index contributed by atoms with van der Waals surface area (Å²) in [6.45, 7) is 0.738. The van der Waals surface area contributed by atoms with Crippen molar-refractivity contribution in [2.75, 3.05) is 27.9 Å². The second-order valence-corrected chi connectivity index (χ2v) is 8.19. The lowest BCUT2D eigenvalue weighted by molar-refractivity contribution is -0.121. The van der Waals surface area contributed by atoms with Crippen LogP contribution < -0.4 is 19.5 Å². The van der Waals surface area contributed by atoms with E-state index in [1.807, 2.05) is 41.8 Å². The van der Waals surface area contributed by atoms with E-state index in [2.05, 4.69) is 28.1 Å². The van der Waals surface area contributed by atoms with Crippen molar-refractivity contribution >= 4 is 28.1 Å². The number of thiophene rings is 1. The van der Waals surface area contributed by atoms with Crippen LogP contribution in [0.4, 0.5) is 0 Å². The molecule has 32 heavy (non-hydrogen) atoms. The van der Waals surface area contributed by atoms with E-state index in [4.69, 9.17) is 14.2 Å². The standard InChI is InChI=1S/C25H26N2O4S/c1-29-21-11-10-17(24(30-2)25(21)31-3)12-13-26-23(28)16-27-19-8-5-4-7-18(19)15-20(27)22-9-6-14-32-22/h4-11,14-15H,12-13,16H2,1-3H3,(H,26,28). The number of hydrogen-bond donors (Lipinski definition) is 1. The molecule has 1 N–H and O–H groups in total. The first-order valence-electron chi connectivity index (χ1n) is 10.3. The Kier molecular flexibility index (Phi) is 6.66. The van der Waals surface area contributed by atoms with Crippen LogP contribution in [0.5, 0.6) is 17.2 Å². The largest absolute Gasteiger partial charge is 0.493 e. The van der Waals surface area contributed by atoms with Gasteiger partial charge in [0.2, 0.25) is 11.7 Å². The van der Waals surface area contributed by atoms with E-state index in [0.717, 1.165) is 27.0 Å². The maximum absolute atomic E-state index is 12.8. The fourth-order valence-corrected chi connectivity index (χ4v) is 4.66. The third kappa shape index (κ3) is 4.29. The molecule has 0 unspecified atom stereocenters. The Labute approximate surface area is 191 Å². The van der Waals surface area contributed by atoms with Crippen LogP contribution in [-0.2, 0) is 17.8 Å². The molecule has 2 heterocycles. The highest BCUT2D eigenvalue weighted by molar-refractivity contribution is 7.13.